The van der Waals surface area contributed by atoms with Crippen molar-refractivity contribution in [3.63, 3.8) is 0 Å². The molecule has 0 fully saturated rings. The number of carbonyl (C=O) groups is 2. The van der Waals surface area contributed by atoms with Gasteiger partial charge in [0, 0.05) is 18.0 Å². The van der Waals surface area contributed by atoms with Gasteiger partial charge in [-0.2, -0.15) is 0 Å². The molecule has 1 aromatic rings. The monoisotopic (exact) mass is 221 g/mol. The van der Waals surface area contributed by atoms with Crippen molar-refractivity contribution in [1.29, 1.82) is 0 Å². The average Bonchev–Trinajstić information content (AvgIpc) is 2.29. The third kappa shape index (κ3) is 3.53. The van der Waals surface area contributed by atoms with E-state index >= 15 is 0 Å². The summed E-state index contributed by atoms with van der Waals surface area (Å²) >= 11 is 0. The van der Waals surface area contributed by atoms with E-state index in [0.29, 0.717) is 5.56 Å². The minimum atomic E-state index is -1.14. The van der Waals surface area contributed by atoms with E-state index in [1.807, 2.05) is 0 Å². The number of carboxylic acid groups (broad SMARTS) is 1. The first-order valence-corrected chi connectivity index (χ1v) is 4.54. The van der Waals surface area contributed by atoms with Gasteiger partial charge in [0.15, 0.2) is 0 Å². The molecule has 84 valence electrons. The maximum atomic E-state index is 11.0. The number of aliphatic carboxylic acids is 1. The first-order valence-electron chi connectivity index (χ1n) is 4.54. The van der Waals surface area contributed by atoms with Gasteiger partial charge in [-0.15, -0.1) is 0 Å². The molecule has 0 aliphatic rings. The van der Waals surface area contributed by atoms with Crippen LogP contribution >= 0.6 is 0 Å². The molecule has 0 saturated heterocycles. The standard InChI is InChI=1S/C11H11NO4/c1-16-10(13)6-9(11(14)15)5-8-3-2-4-12-7-8/h2-5,7H,6H2,1H3,(H,14,15)/b9-5-. The Balaban J connectivity index is 2.90. The van der Waals surface area contributed by atoms with E-state index in [9.17, 15) is 9.59 Å². The van der Waals surface area contributed by atoms with Crippen LogP contribution in [0.1, 0.15) is 12.0 Å². The minimum absolute atomic E-state index is 0.0279. The molecule has 1 N–H and O–H groups in total. The molecule has 0 saturated carbocycles. The Morgan fingerprint density at radius 3 is 2.81 bits per heavy atom. The number of nitrogens with zero attached hydrogens (tertiary/aromatic N) is 1. The van der Waals surface area contributed by atoms with Gasteiger partial charge in [-0.25, -0.2) is 4.79 Å². The fourth-order valence-corrected chi connectivity index (χ4v) is 1.08. The number of hydrogen-bond donors (Lipinski definition) is 1. The summed E-state index contributed by atoms with van der Waals surface area (Å²) in [6.07, 6.45) is 4.23. The number of ether oxygens (including phenoxy) is 1. The van der Waals surface area contributed by atoms with E-state index < -0.39 is 11.9 Å². The summed E-state index contributed by atoms with van der Waals surface area (Å²) < 4.78 is 4.41. The Morgan fingerprint density at radius 1 is 1.56 bits per heavy atom. The highest BCUT2D eigenvalue weighted by Crippen LogP contribution is 2.09. The van der Waals surface area contributed by atoms with Gasteiger partial charge in [0.1, 0.15) is 0 Å². The van der Waals surface area contributed by atoms with Crippen molar-refractivity contribution in [3.8, 4) is 0 Å². The third-order valence-corrected chi connectivity index (χ3v) is 1.86. The van der Waals surface area contributed by atoms with Gasteiger partial charge < -0.3 is 9.84 Å². The van der Waals surface area contributed by atoms with Gasteiger partial charge in [0.25, 0.3) is 0 Å². The molecule has 0 spiro atoms. The molecule has 0 atom stereocenters. The lowest BCUT2D eigenvalue weighted by molar-refractivity contribution is -0.142. The van der Waals surface area contributed by atoms with Crippen LogP contribution in [0.2, 0.25) is 0 Å². The van der Waals surface area contributed by atoms with Crippen LogP contribution in [0, 0.1) is 0 Å². The molecule has 0 bridgehead atoms. The van der Waals surface area contributed by atoms with Crippen molar-refractivity contribution in [2.24, 2.45) is 0 Å². The molecule has 0 aliphatic heterocycles. The zero-order valence-electron chi connectivity index (χ0n) is 8.71. The Bertz CT molecular complexity index is 411. The molecule has 0 amide bonds. The summed E-state index contributed by atoms with van der Waals surface area (Å²) in [5.41, 5.74) is 0.601. The Labute approximate surface area is 92.4 Å². The molecule has 1 rings (SSSR count). The van der Waals surface area contributed by atoms with Crippen molar-refractivity contribution in [3.05, 3.63) is 35.7 Å². The van der Waals surface area contributed by atoms with Crippen molar-refractivity contribution in [2.75, 3.05) is 7.11 Å². The van der Waals surface area contributed by atoms with Crippen LogP contribution in [0.15, 0.2) is 30.1 Å². The number of carboxylic acids is 1. The summed E-state index contributed by atoms with van der Waals surface area (Å²) in [7, 11) is 1.21. The van der Waals surface area contributed by atoms with Crippen molar-refractivity contribution < 1.29 is 19.4 Å². The van der Waals surface area contributed by atoms with Crippen LogP contribution < -0.4 is 0 Å². The first kappa shape index (κ1) is 11.9. The second-order valence-electron chi connectivity index (χ2n) is 3.01. The van der Waals surface area contributed by atoms with Gasteiger partial charge >= 0.3 is 11.9 Å². The highest BCUT2D eigenvalue weighted by molar-refractivity contribution is 5.96. The lowest BCUT2D eigenvalue weighted by atomic mass is 10.1. The number of pyridine rings is 1. The molecule has 0 unspecified atom stereocenters. The van der Waals surface area contributed by atoms with Gasteiger partial charge in [-0.05, 0) is 17.7 Å². The topological polar surface area (TPSA) is 76.5 Å². The van der Waals surface area contributed by atoms with Crippen LogP contribution in [-0.2, 0) is 14.3 Å². The van der Waals surface area contributed by atoms with Gasteiger partial charge in [-0.1, -0.05) is 6.07 Å². The zero-order chi connectivity index (χ0) is 12.0. The van der Waals surface area contributed by atoms with E-state index in [2.05, 4.69) is 9.72 Å². The normalized spacial score (nSPS) is 10.9. The molecule has 1 heterocycles. The fourth-order valence-electron chi connectivity index (χ4n) is 1.08. The molecule has 0 radical (unpaired) electrons. The van der Waals surface area contributed by atoms with E-state index in [1.165, 1.54) is 19.4 Å². The first-order chi connectivity index (χ1) is 7.63. The summed E-state index contributed by atoms with van der Waals surface area (Å²) in [4.78, 5) is 25.7. The van der Waals surface area contributed by atoms with Gasteiger partial charge in [0.05, 0.1) is 13.5 Å². The molecule has 0 aromatic carbocycles. The summed E-state index contributed by atoms with van der Waals surface area (Å²) in [5.74, 6) is -1.73. The SMILES string of the molecule is COC(=O)C/C(=C/c1cccnc1)C(=O)O. The van der Waals surface area contributed by atoms with E-state index in [4.69, 9.17) is 5.11 Å². The molecule has 1 aromatic heterocycles. The molecule has 0 aliphatic carbocycles. The highest BCUT2D eigenvalue weighted by atomic mass is 16.5. The Kier molecular flexibility index (Phi) is 4.20. The van der Waals surface area contributed by atoms with E-state index in [1.54, 1.807) is 18.3 Å². The number of aromatic nitrogens is 1. The molecule has 5 nitrogen and oxygen atoms in total. The highest BCUT2D eigenvalue weighted by Gasteiger charge is 2.12. The predicted molar refractivity (Wildman–Crippen MR) is 56.5 cm³/mol. The lowest BCUT2D eigenvalue weighted by Gasteiger charge is -2.01. The van der Waals surface area contributed by atoms with E-state index in [0.717, 1.165) is 0 Å². The number of hydrogen-bond acceptors (Lipinski definition) is 4. The van der Waals surface area contributed by atoms with Crippen molar-refractivity contribution >= 4 is 18.0 Å². The maximum Gasteiger partial charge on any atom is 0.332 e. The Hall–Kier alpha value is -2.17. The van der Waals surface area contributed by atoms with Crippen molar-refractivity contribution in [1.82, 2.24) is 4.98 Å². The van der Waals surface area contributed by atoms with Gasteiger partial charge in [0.2, 0.25) is 0 Å². The van der Waals surface area contributed by atoms with E-state index in [-0.39, 0.29) is 12.0 Å². The fraction of sp³-hybridized carbons (Fsp3) is 0.182. The number of esters is 1. The molecular formula is C11H11NO4. The number of rotatable bonds is 4. The predicted octanol–water partition coefficient (Wildman–Crippen LogP) is 1.11. The van der Waals surface area contributed by atoms with Crippen LogP contribution in [0.4, 0.5) is 0 Å². The van der Waals surface area contributed by atoms with Crippen LogP contribution in [0.5, 0.6) is 0 Å². The van der Waals surface area contributed by atoms with Crippen LogP contribution in [-0.4, -0.2) is 29.1 Å². The zero-order valence-corrected chi connectivity index (χ0v) is 8.71. The van der Waals surface area contributed by atoms with Gasteiger partial charge in [-0.3, -0.25) is 9.78 Å². The second kappa shape index (κ2) is 5.65. The van der Waals surface area contributed by atoms with Crippen molar-refractivity contribution in [2.45, 2.75) is 6.42 Å². The summed E-state index contributed by atoms with van der Waals surface area (Å²) in [6, 6.07) is 3.39. The quantitative estimate of drug-likeness (QED) is 0.608. The largest absolute Gasteiger partial charge is 0.478 e. The smallest absolute Gasteiger partial charge is 0.332 e. The number of methoxy groups -OCH3 is 1. The average molecular weight is 221 g/mol. The van der Waals surface area contributed by atoms with Crippen LogP contribution in [0.25, 0.3) is 6.08 Å². The molecular weight excluding hydrogens is 210 g/mol. The molecule has 5 heteroatoms. The third-order valence-electron chi connectivity index (χ3n) is 1.86. The lowest BCUT2D eigenvalue weighted by Crippen LogP contribution is -2.08. The minimum Gasteiger partial charge on any atom is -0.478 e. The summed E-state index contributed by atoms with van der Waals surface area (Å²) in [6.45, 7) is 0. The Morgan fingerprint density at radius 2 is 2.31 bits per heavy atom. The maximum absolute atomic E-state index is 11.0. The van der Waals surface area contributed by atoms with Crippen LogP contribution in [0.3, 0.4) is 0 Å². The summed E-state index contributed by atoms with van der Waals surface area (Å²) in [5, 5.41) is 8.88. The second-order valence-corrected chi connectivity index (χ2v) is 3.01. The number of carbonyl (C=O) groups excluding carboxylic acids is 1. The molecule has 16 heavy (non-hydrogen) atoms.